The number of fused-ring (bicyclic) bond motifs is 3. The lowest BCUT2D eigenvalue weighted by atomic mass is 10.0. The van der Waals surface area contributed by atoms with Gasteiger partial charge in [-0.1, -0.05) is 49.3 Å². The molecule has 2 saturated carbocycles. The van der Waals surface area contributed by atoms with Gasteiger partial charge in [-0.15, -0.1) is 0 Å². The molecule has 2 aromatic carbocycles. The van der Waals surface area contributed by atoms with Crippen LogP contribution in [0, 0.1) is 5.92 Å². The third kappa shape index (κ3) is 8.32. The number of aromatic nitrogens is 2. The second kappa shape index (κ2) is 16.0. The van der Waals surface area contributed by atoms with E-state index in [1.165, 1.54) is 4.90 Å². The minimum absolute atomic E-state index is 0.0600. The summed E-state index contributed by atoms with van der Waals surface area (Å²) in [4.78, 5) is 62.1. The van der Waals surface area contributed by atoms with Crippen molar-refractivity contribution in [3.05, 3.63) is 60.7 Å². The zero-order chi connectivity index (χ0) is 40.5. The van der Waals surface area contributed by atoms with Crippen LogP contribution in [0.1, 0.15) is 91.5 Å². The van der Waals surface area contributed by atoms with Gasteiger partial charge in [0.05, 0.1) is 22.5 Å². The van der Waals surface area contributed by atoms with Crippen LogP contribution in [0.3, 0.4) is 0 Å². The van der Waals surface area contributed by atoms with E-state index in [1.807, 2.05) is 80.0 Å². The number of urea groups is 1. The number of hydrogen-bond donors (Lipinski definition) is 5. The van der Waals surface area contributed by atoms with Gasteiger partial charge in [0.15, 0.2) is 0 Å². The summed E-state index contributed by atoms with van der Waals surface area (Å²) < 4.78 is 36.2. The molecule has 3 heterocycles. The van der Waals surface area contributed by atoms with Crippen molar-refractivity contribution in [3.8, 4) is 6.01 Å². The highest BCUT2D eigenvalue weighted by molar-refractivity contribution is 7.91. The van der Waals surface area contributed by atoms with Crippen molar-refractivity contribution >= 4 is 56.2 Å². The maximum absolute atomic E-state index is 14.7. The lowest BCUT2D eigenvalue weighted by Gasteiger charge is -2.30. The van der Waals surface area contributed by atoms with Crippen LogP contribution in [0.2, 0.25) is 0 Å². The Balaban J connectivity index is 1.21. The number of para-hydroxylation sites is 2. The normalized spacial score (nSPS) is 26.0. The molecular formula is C41H54N8O7S. The van der Waals surface area contributed by atoms with Crippen molar-refractivity contribution in [1.29, 1.82) is 0 Å². The summed E-state index contributed by atoms with van der Waals surface area (Å²) in [6, 6.07) is 13.1. The Hall–Kier alpha value is -5.12. The van der Waals surface area contributed by atoms with Gasteiger partial charge in [-0.2, -0.15) is 4.98 Å². The van der Waals surface area contributed by atoms with E-state index in [2.05, 4.69) is 26.0 Å². The van der Waals surface area contributed by atoms with Crippen LogP contribution in [0.15, 0.2) is 60.7 Å². The van der Waals surface area contributed by atoms with Crippen LogP contribution < -0.4 is 30.7 Å². The van der Waals surface area contributed by atoms with Crippen molar-refractivity contribution < 1.29 is 32.3 Å². The summed E-state index contributed by atoms with van der Waals surface area (Å²) >= 11 is 0. The lowest BCUT2D eigenvalue weighted by molar-refractivity contribution is -0.140. The highest BCUT2D eigenvalue weighted by Gasteiger charge is 2.63. The molecule has 15 nitrogen and oxygen atoms in total. The molecule has 1 aromatic heterocycles. The number of carbonyl (C=O) groups excluding carboxylic acids is 4. The lowest BCUT2D eigenvalue weighted by Crippen LogP contribution is -2.58. The number of nitrogens with zero attached hydrogens (tertiary/aromatic N) is 3. The fourth-order valence-electron chi connectivity index (χ4n) is 7.94. The Labute approximate surface area is 333 Å². The van der Waals surface area contributed by atoms with Gasteiger partial charge in [0, 0.05) is 30.6 Å². The van der Waals surface area contributed by atoms with Crippen LogP contribution >= 0.6 is 0 Å². The van der Waals surface area contributed by atoms with Gasteiger partial charge in [0.1, 0.15) is 29.2 Å². The number of rotatable bonds is 10. The molecule has 5 amide bonds. The second-order valence-corrected chi connectivity index (χ2v) is 18.5. The molecule has 16 heteroatoms. The average molecular weight is 803 g/mol. The van der Waals surface area contributed by atoms with Crippen LogP contribution in [0.25, 0.3) is 11.0 Å². The molecule has 0 spiro atoms. The number of anilines is 2. The molecule has 7 rings (SSSR count). The molecule has 4 aliphatic rings. The molecule has 57 heavy (non-hydrogen) atoms. The molecule has 0 bridgehead atoms. The van der Waals surface area contributed by atoms with E-state index in [1.54, 1.807) is 13.0 Å². The number of hydrogen-bond acceptors (Lipinski definition) is 9. The molecule has 306 valence electrons. The average Bonchev–Trinajstić information content (AvgIpc) is 3.99. The van der Waals surface area contributed by atoms with E-state index in [4.69, 9.17) is 9.72 Å². The monoisotopic (exact) mass is 802 g/mol. The highest BCUT2D eigenvalue weighted by atomic mass is 32.2. The third-order valence-electron chi connectivity index (χ3n) is 11.7. The number of imidazole rings is 1. The summed E-state index contributed by atoms with van der Waals surface area (Å²) in [6.07, 6.45) is 8.24. The number of ether oxygens (including phenoxy) is 1. The Morgan fingerprint density at radius 3 is 2.54 bits per heavy atom. The van der Waals surface area contributed by atoms with E-state index in [0.717, 1.165) is 36.9 Å². The van der Waals surface area contributed by atoms with Crippen LogP contribution in [0.5, 0.6) is 6.01 Å². The molecule has 0 radical (unpaired) electrons. The summed E-state index contributed by atoms with van der Waals surface area (Å²) in [5.74, 6) is -2.02. The Morgan fingerprint density at radius 1 is 1.05 bits per heavy atom. The molecule has 0 unspecified atom stereocenters. The van der Waals surface area contributed by atoms with Gasteiger partial charge < -0.3 is 30.9 Å². The standard InChI is InChI=1S/C41H54N8O7S/c1-5-42-38(53)44-30-19-14-20-32-34(30)45-39(49(32)26(2)3)56-29-23-33-35(50)46-41(37(52)47-57(54,55)40(4)21-22-40)24-27(41)15-10-7-6-8-13-18-31(36(51)48(33)25-29)43-28-16-11-9-12-17-28/h9-12,14-17,19-20,26-27,29,31,33,43H,5-8,13,18,21-25H2,1-4H3,(H,46,50)(H,47,52)(H2,42,44,53)/t27-,29-,31+,33+,41-/m1/s1. The maximum atomic E-state index is 14.7. The molecule has 2 aliphatic heterocycles. The van der Waals surface area contributed by atoms with Crippen LogP contribution in [-0.2, 0) is 24.4 Å². The number of allylic oxidation sites excluding steroid dienone is 1. The third-order valence-corrected chi connectivity index (χ3v) is 13.8. The number of nitrogens with one attached hydrogen (secondary N) is 5. The Bertz CT molecular complexity index is 2150. The Morgan fingerprint density at radius 2 is 1.82 bits per heavy atom. The maximum Gasteiger partial charge on any atom is 0.319 e. The minimum atomic E-state index is -3.98. The van der Waals surface area contributed by atoms with Gasteiger partial charge in [0.25, 0.3) is 11.9 Å². The van der Waals surface area contributed by atoms with E-state index < -0.39 is 56.2 Å². The number of amides is 5. The summed E-state index contributed by atoms with van der Waals surface area (Å²) in [6.45, 7) is 7.92. The topological polar surface area (TPSA) is 193 Å². The second-order valence-electron chi connectivity index (χ2n) is 16.3. The highest BCUT2D eigenvalue weighted by Crippen LogP contribution is 2.47. The molecule has 5 atom stereocenters. The minimum Gasteiger partial charge on any atom is -0.459 e. The fourth-order valence-corrected chi connectivity index (χ4v) is 9.25. The van der Waals surface area contributed by atoms with Gasteiger partial charge in [0.2, 0.25) is 21.8 Å². The van der Waals surface area contributed by atoms with Crippen molar-refractivity contribution in [2.75, 3.05) is 23.7 Å². The van der Waals surface area contributed by atoms with Crippen LogP contribution in [-0.4, -0.2) is 88.2 Å². The number of carbonyl (C=O) groups is 4. The molecule has 2 aliphatic carbocycles. The SMILES string of the molecule is CCNC(=O)Nc1cccc2c1nc(O[C@@H]1C[C@H]3C(=O)N[C@]4(C(=O)NS(=O)(=O)C5(C)CC5)C[C@H]4C=CCCCCC[C@H](Nc4ccccc4)C(=O)N3C1)n2C(C)C. The van der Waals surface area contributed by atoms with E-state index >= 15 is 0 Å². The molecule has 5 N–H and O–H groups in total. The van der Waals surface area contributed by atoms with E-state index in [0.29, 0.717) is 37.0 Å². The molecular weight excluding hydrogens is 749 g/mol. The largest absolute Gasteiger partial charge is 0.459 e. The van der Waals surface area contributed by atoms with Gasteiger partial charge in [-0.3, -0.25) is 23.7 Å². The van der Waals surface area contributed by atoms with Crippen molar-refractivity contribution in [3.63, 3.8) is 0 Å². The Kier molecular flexibility index (Phi) is 11.3. The molecule has 1 saturated heterocycles. The first-order valence-corrected chi connectivity index (χ1v) is 21.6. The van der Waals surface area contributed by atoms with E-state index in [-0.39, 0.29) is 43.4 Å². The summed E-state index contributed by atoms with van der Waals surface area (Å²) in [7, 11) is -3.98. The predicted molar refractivity (Wildman–Crippen MR) is 217 cm³/mol. The molecule has 3 aromatic rings. The predicted octanol–water partition coefficient (Wildman–Crippen LogP) is 4.98. The van der Waals surface area contributed by atoms with Crippen molar-refractivity contribution in [2.45, 2.75) is 120 Å². The van der Waals surface area contributed by atoms with Crippen molar-refractivity contribution in [2.24, 2.45) is 5.92 Å². The molecule has 3 fully saturated rings. The first-order valence-electron chi connectivity index (χ1n) is 20.2. The van der Waals surface area contributed by atoms with Gasteiger partial charge in [-0.05, 0) is 90.5 Å². The summed E-state index contributed by atoms with van der Waals surface area (Å²) in [5.41, 5.74) is 1.05. The van der Waals surface area contributed by atoms with Crippen molar-refractivity contribution in [1.82, 2.24) is 29.8 Å². The van der Waals surface area contributed by atoms with E-state index in [9.17, 15) is 27.6 Å². The quantitative estimate of drug-likeness (QED) is 0.176. The van der Waals surface area contributed by atoms with Gasteiger partial charge in [-0.25, -0.2) is 13.2 Å². The fraction of sp³-hybridized carbons (Fsp3) is 0.537. The smallest absolute Gasteiger partial charge is 0.319 e. The van der Waals surface area contributed by atoms with Crippen LogP contribution in [0.4, 0.5) is 16.2 Å². The first kappa shape index (κ1) is 40.1. The summed E-state index contributed by atoms with van der Waals surface area (Å²) in [5, 5.41) is 12.0. The number of benzene rings is 2. The number of sulfonamides is 1. The zero-order valence-corrected chi connectivity index (χ0v) is 33.9. The zero-order valence-electron chi connectivity index (χ0n) is 33.0. The van der Waals surface area contributed by atoms with Gasteiger partial charge >= 0.3 is 6.03 Å². The first-order chi connectivity index (χ1) is 27.2.